The second kappa shape index (κ2) is 4.56. The van der Waals surface area contributed by atoms with E-state index in [1.807, 2.05) is 0 Å². The molecule has 4 nitrogen and oxygen atoms in total. The van der Waals surface area contributed by atoms with Crippen molar-refractivity contribution in [2.75, 3.05) is 26.2 Å². The average molecular weight is 302 g/mol. The van der Waals surface area contributed by atoms with Crippen molar-refractivity contribution in [1.82, 2.24) is 0 Å². The first-order valence-corrected chi connectivity index (χ1v) is 8.50. The molecule has 0 spiro atoms. The van der Waals surface area contributed by atoms with Gasteiger partial charge in [-0.15, -0.1) is 0 Å². The Bertz CT molecular complexity index is 594. The van der Waals surface area contributed by atoms with Crippen LogP contribution >= 0.6 is 0 Å². The zero-order valence-electron chi connectivity index (χ0n) is 13.5. The normalized spacial score (nSPS) is 42.8. The van der Waals surface area contributed by atoms with E-state index in [4.69, 9.17) is 0 Å². The molecule has 5 rings (SSSR count). The Kier molecular flexibility index (Phi) is 2.94. The molecule has 0 saturated carbocycles. The number of benzene rings is 1. The number of carbonyl (C=O) groups is 1. The van der Waals surface area contributed by atoms with Gasteiger partial charge in [0, 0.05) is 0 Å². The fraction of sp³-hybridized carbons (Fsp3) is 0.611. The first-order chi connectivity index (χ1) is 10.5. The third-order valence-electron chi connectivity index (χ3n) is 6.17. The summed E-state index contributed by atoms with van der Waals surface area (Å²) in [5.41, 5.74) is 1.08. The monoisotopic (exact) mass is 302 g/mol. The Labute approximate surface area is 131 Å². The standard InChI is InChI=1S/C18H24N2O2/c1-3-8-18-11-19-9-17(2,16(18)22)10-20(12-18)15(19)13-4-6-14(21)7-5-13/h4-7,15,21H,3,8-12H2,1-2H3/p+2. The second-order valence-electron chi connectivity index (χ2n) is 7.97. The number of rotatable bonds is 3. The Balaban J connectivity index is 1.71. The third-order valence-corrected chi connectivity index (χ3v) is 6.17. The summed E-state index contributed by atoms with van der Waals surface area (Å²) >= 11 is 0. The fourth-order valence-electron chi connectivity index (χ4n) is 5.69. The van der Waals surface area contributed by atoms with Gasteiger partial charge < -0.3 is 5.11 Å². The van der Waals surface area contributed by atoms with E-state index < -0.39 is 0 Å². The van der Waals surface area contributed by atoms with Crippen LogP contribution in [0.5, 0.6) is 5.75 Å². The number of phenols is 1. The number of quaternary nitrogens is 2. The molecular formula is C18H26N2O2+2. The first-order valence-electron chi connectivity index (χ1n) is 8.50. The number of hydrogen-bond donors (Lipinski definition) is 3. The Morgan fingerprint density at radius 3 is 2.27 bits per heavy atom. The van der Waals surface area contributed by atoms with Gasteiger partial charge in [0.05, 0.1) is 18.7 Å². The Morgan fingerprint density at radius 2 is 1.73 bits per heavy atom. The lowest BCUT2D eigenvalue weighted by molar-refractivity contribution is -1.18. The van der Waals surface area contributed by atoms with Crippen LogP contribution in [0.1, 0.15) is 38.4 Å². The van der Waals surface area contributed by atoms with Crippen LogP contribution in [0.2, 0.25) is 0 Å². The van der Waals surface area contributed by atoms with E-state index in [1.165, 1.54) is 5.56 Å². The van der Waals surface area contributed by atoms with E-state index in [9.17, 15) is 9.90 Å². The number of piperidine rings is 2. The van der Waals surface area contributed by atoms with Gasteiger partial charge in [-0.2, -0.15) is 0 Å². The van der Waals surface area contributed by atoms with Gasteiger partial charge in [0.2, 0.25) is 6.17 Å². The minimum absolute atomic E-state index is 0.0852. The average Bonchev–Trinajstić information content (AvgIpc) is 2.45. The molecule has 1 aromatic carbocycles. The van der Waals surface area contributed by atoms with Crippen LogP contribution in [0.3, 0.4) is 0 Å². The van der Waals surface area contributed by atoms with Crippen LogP contribution in [0.25, 0.3) is 0 Å². The van der Waals surface area contributed by atoms with Crippen molar-refractivity contribution in [2.24, 2.45) is 10.8 Å². The highest BCUT2D eigenvalue weighted by atomic mass is 16.3. The third kappa shape index (κ3) is 1.80. The van der Waals surface area contributed by atoms with E-state index in [1.54, 1.807) is 21.9 Å². The lowest BCUT2D eigenvalue weighted by Gasteiger charge is -2.59. The number of ketones is 1. The first kappa shape index (κ1) is 14.2. The SMILES string of the molecule is CCCC12C[NH+]3CC(C)(C[NH+](C1)C3c1ccc(O)cc1)C2=O. The molecule has 4 heteroatoms. The molecule has 2 unspecified atom stereocenters. The van der Waals surface area contributed by atoms with E-state index in [2.05, 4.69) is 26.0 Å². The maximum absolute atomic E-state index is 13.0. The molecule has 4 aliphatic heterocycles. The van der Waals surface area contributed by atoms with Crippen LogP contribution in [-0.2, 0) is 4.79 Å². The zero-order valence-corrected chi connectivity index (χ0v) is 13.5. The molecule has 1 aromatic rings. The van der Waals surface area contributed by atoms with Crippen LogP contribution < -0.4 is 9.80 Å². The predicted molar refractivity (Wildman–Crippen MR) is 82.7 cm³/mol. The largest absolute Gasteiger partial charge is 0.508 e. The van der Waals surface area contributed by atoms with E-state index in [0.717, 1.165) is 39.0 Å². The molecule has 22 heavy (non-hydrogen) atoms. The van der Waals surface area contributed by atoms with Crippen molar-refractivity contribution in [1.29, 1.82) is 0 Å². The highest BCUT2D eigenvalue weighted by molar-refractivity contribution is 5.91. The summed E-state index contributed by atoms with van der Waals surface area (Å²) in [4.78, 5) is 16.2. The molecule has 0 radical (unpaired) electrons. The highest BCUT2D eigenvalue weighted by Crippen LogP contribution is 2.39. The van der Waals surface area contributed by atoms with Crippen molar-refractivity contribution in [3.05, 3.63) is 29.8 Å². The molecule has 0 amide bonds. The summed E-state index contributed by atoms with van der Waals surface area (Å²) < 4.78 is 0. The van der Waals surface area contributed by atoms with Crippen LogP contribution in [-0.4, -0.2) is 37.1 Å². The minimum Gasteiger partial charge on any atom is -0.508 e. The van der Waals surface area contributed by atoms with E-state index in [-0.39, 0.29) is 10.8 Å². The van der Waals surface area contributed by atoms with Crippen molar-refractivity contribution >= 4 is 5.78 Å². The van der Waals surface area contributed by atoms with Gasteiger partial charge in [0.1, 0.15) is 29.7 Å². The van der Waals surface area contributed by atoms with Crippen molar-refractivity contribution < 1.29 is 19.7 Å². The highest BCUT2D eigenvalue weighted by Gasteiger charge is 2.69. The van der Waals surface area contributed by atoms with E-state index in [0.29, 0.717) is 17.7 Å². The number of aromatic hydroxyl groups is 1. The van der Waals surface area contributed by atoms with Crippen LogP contribution in [0, 0.1) is 10.8 Å². The Morgan fingerprint density at radius 1 is 1.14 bits per heavy atom. The summed E-state index contributed by atoms with van der Waals surface area (Å²) in [5.74, 6) is 0.866. The molecule has 2 atom stereocenters. The fourth-order valence-corrected chi connectivity index (χ4v) is 5.69. The number of phenolic OH excluding ortho intramolecular Hbond substituents is 1. The topological polar surface area (TPSA) is 46.2 Å². The maximum Gasteiger partial charge on any atom is 0.240 e. The molecule has 4 fully saturated rings. The van der Waals surface area contributed by atoms with Gasteiger partial charge in [-0.1, -0.05) is 13.3 Å². The van der Waals surface area contributed by atoms with E-state index >= 15 is 0 Å². The van der Waals surface area contributed by atoms with Crippen molar-refractivity contribution in [3.63, 3.8) is 0 Å². The summed E-state index contributed by atoms with van der Waals surface area (Å²) in [6.07, 6.45) is 2.55. The molecule has 118 valence electrons. The van der Waals surface area contributed by atoms with Gasteiger partial charge in [0.25, 0.3) is 0 Å². The zero-order chi connectivity index (χ0) is 15.5. The summed E-state index contributed by atoms with van der Waals surface area (Å²) in [5, 5.41) is 9.54. The molecule has 4 heterocycles. The minimum atomic E-state index is -0.135. The van der Waals surface area contributed by atoms with Gasteiger partial charge in [0.15, 0.2) is 5.78 Å². The predicted octanol–water partition coefficient (Wildman–Crippen LogP) is -0.437. The van der Waals surface area contributed by atoms with Crippen LogP contribution in [0.4, 0.5) is 0 Å². The molecular weight excluding hydrogens is 276 g/mol. The summed E-state index contributed by atoms with van der Waals surface area (Å²) in [7, 11) is 0. The molecule has 4 bridgehead atoms. The lowest BCUT2D eigenvalue weighted by atomic mass is 9.59. The van der Waals surface area contributed by atoms with Gasteiger partial charge in [-0.3, -0.25) is 14.6 Å². The van der Waals surface area contributed by atoms with Gasteiger partial charge in [-0.25, -0.2) is 0 Å². The number of hydrogen-bond acceptors (Lipinski definition) is 2. The van der Waals surface area contributed by atoms with Gasteiger partial charge >= 0.3 is 0 Å². The Hall–Kier alpha value is -1.39. The summed E-state index contributed by atoms with van der Waals surface area (Å²) in [6, 6.07) is 7.68. The smallest absolute Gasteiger partial charge is 0.240 e. The van der Waals surface area contributed by atoms with Crippen molar-refractivity contribution in [3.8, 4) is 5.75 Å². The molecule has 0 aromatic heterocycles. The molecule has 0 aliphatic carbocycles. The number of carbonyl (C=O) groups excluding carboxylic acids is 1. The summed E-state index contributed by atoms with van der Waals surface area (Å²) in [6.45, 7) is 8.29. The molecule has 4 saturated heterocycles. The molecule has 4 aliphatic rings. The molecule has 3 N–H and O–H groups in total. The lowest BCUT2D eigenvalue weighted by Crippen LogP contribution is -3.41. The number of nitrogens with one attached hydrogen (secondary N) is 2. The number of Topliss-reactive ketones (excluding diaryl/α,β-unsaturated/α-hetero) is 1. The second-order valence-corrected chi connectivity index (χ2v) is 7.97. The van der Waals surface area contributed by atoms with Crippen molar-refractivity contribution in [2.45, 2.75) is 32.9 Å². The van der Waals surface area contributed by atoms with Gasteiger partial charge in [-0.05, 0) is 37.6 Å². The maximum atomic E-state index is 13.0. The quantitative estimate of drug-likeness (QED) is 0.709. The van der Waals surface area contributed by atoms with Crippen LogP contribution in [0.15, 0.2) is 24.3 Å².